The van der Waals surface area contributed by atoms with Gasteiger partial charge in [-0.05, 0) is 121 Å². The van der Waals surface area contributed by atoms with Crippen molar-refractivity contribution < 1.29 is 19.1 Å². The Balaban J connectivity index is 0.700. The highest BCUT2D eigenvalue weighted by molar-refractivity contribution is 6.23. The lowest BCUT2D eigenvalue weighted by Crippen LogP contribution is -2.25. The van der Waals surface area contributed by atoms with Crippen LogP contribution in [-0.4, -0.2) is 51.3 Å². The molecule has 0 heterocycles. The monoisotopic (exact) mass is 706 g/mol. The van der Waals surface area contributed by atoms with Crippen LogP contribution in [0.2, 0.25) is 0 Å². The van der Waals surface area contributed by atoms with Gasteiger partial charge in [0, 0.05) is 39.1 Å². The van der Waals surface area contributed by atoms with Crippen molar-refractivity contribution >= 4 is 72.3 Å². The second kappa shape index (κ2) is 17.2. The fourth-order valence-electron chi connectivity index (χ4n) is 7.88. The van der Waals surface area contributed by atoms with E-state index in [0.29, 0.717) is 52.4 Å². The molecule has 0 radical (unpaired) electrons. The molecule has 0 atom stereocenters. The molecule has 0 aliphatic rings. The van der Waals surface area contributed by atoms with Gasteiger partial charge in [-0.2, -0.15) is 0 Å². The third kappa shape index (κ3) is 8.45. The number of benzene rings is 7. The Morgan fingerprint density at radius 3 is 1.58 bits per heavy atom. The summed E-state index contributed by atoms with van der Waals surface area (Å²) in [5, 5.41) is 19.9. The number of hydrogen-bond acceptors (Lipinski definition) is 4. The second-order valence-electron chi connectivity index (χ2n) is 14.3. The van der Waals surface area contributed by atoms with Gasteiger partial charge in [-0.15, -0.1) is 0 Å². The predicted molar refractivity (Wildman–Crippen MR) is 220 cm³/mol. The Morgan fingerprint density at radius 1 is 0.528 bits per heavy atom. The molecule has 53 heavy (non-hydrogen) atoms. The fourth-order valence-corrected chi connectivity index (χ4v) is 7.88. The third-order valence-electron chi connectivity index (χ3n) is 10.6. The molecular weight excluding hydrogens is 657 g/mol. The van der Waals surface area contributed by atoms with E-state index >= 15 is 0 Å². The van der Waals surface area contributed by atoms with Crippen LogP contribution in [0.25, 0.3) is 60.4 Å². The molecule has 0 bridgehead atoms. The lowest BCUT2D eigenvalue weighted by atomic mass is 9.90. The zero-order valence-electron chi connectivity index (χ0n) is 30.9. The van der Waals surface area contributed by atoms with Crippen LogP contribution in [0.15, 0.2) is 91.0 Å². The van der Waals surface area contributed by atoms with Crippen LogP contribution in [0, 0.1) is 6.92 Å². The van der Waals surface area contributed by atoms with Crippen molar-refractivity contribution in [3.05, 3.63) is 113 Å². The van der Waals surface area contributed by atoms with Crippen molar-refractivity contribution in [2.75, 3.05) is 39.5 Å². The van der Waals surface area contributed by atoms with Gasteiger partial charge in [0.15, 0.2) is 0 Å². The summed E-state index contributed by atoms with van der Waals surface area (Å²) < 4.78 is 11.3. The predicted octanol–water partition coefficient (Wildman–Crippen LogP) is 8.72. The second-order valence-corrected chi connectivity index (χ2v) is 14.3. The van der Waals surface area contributed by atoms with Crippen LogP contribution >= 0.6 is 0 Å². The summed E-state index contributed by atoms with van der Waals surface area (Å²) in [7, 11) is 0. The fraction of sp³-hybridized carbons (Fsp3) is 0.319. The minimum atomic E-state index is 0.0825. The van der Waals surface area contributed by atoms with E-state index in [2.05, 4.69) is 115 Å². The topological polar surface area (TPSA) is 76.7 Å². The van der Waals surface area contributed by atoms with E-state index < -0.39 is 0 Å². The zero-order chi connectivity index (χ0) is 36.6. The van der Waals surface area contributed by atoms with Crippen LogP contribution in [-0.2, 0) is 31.9 Å². The van der Waals surface area contributed by atoms with Crippen molar-refractivity contribution in [2.24, 2.45) is 0 Å². The van der Waals surface area contributed by atoms with Gasteiger partial charge in [-0.3, -0.25) is 9.59 Å². The first-order valence-electron chi connectivity index (χ1n) is 19.2. The van der Waals surface area contributed by atoms with E-state index in [4.69, 9.17) is 9.47 Å². The van der Waals surface area contributed by atoms with E-state index in [9.17, 15) is 9.59 Å². The van der Waals surface area contributed by atoms with Crippen LogP contribution in [0.1, 0.15) is 55.2 Å². The summed E-state index contributed by atoms with van der Waals surface area (Å²) >= 11 is 0. The SMILES string of the molecule is C=c1ccc2ccc(CCCC(=O)NCCCOCCOCCCNC(=O)CCCc3ccc4ccc5cccc6ccc3c4c56)c3ccc(C)c1c23. The number of hydrogen-bond donors (Lipinski definition) is 2. The molecule has 0 spiro atoms. The standard InChI is InChI=1S/C47H50N2O4/c1-32-14-16-38-19-17-34(40-24-15-33(2)44(32)46(38)40)8-4-12-42(50)48-26-6-28-52-30-31-53-29-7-27-49-43(51)13-5-9-35-18-20-39-22-21-36-10-3-11-37-23-25-41(35)47(39)45(36)37/h3,10-11,14-25H,1,4-9,12-13,26-31H2,2H3,(H,48,50)(H,49,51). The number of amides is 2. The van der Waals surface area contributed by atoms with Crippen LogP contribution in [0.3, 0.4) is 0 Å². The molecule has 0 saturated heterocycles. The molecule has 2 N–H and O–H groups in total. The smallest absolute Gasteiger partial charge is 0.220 e. The van der Waals surface area contributed by atoms with Crippen molar-refractivity contribution in [3.8, 4) is 0 Å². The van der Waals surface area contributed by atoms with Crippen molar-refractivity contribution in [3.63, 3.8) is 0 Å². The zero-order valence-corrected chi connectivity index (χ0v) is 30.9. The van der Waals surface area contributed by atoms with Crippen LogP contribution in [0.5, 0.6) is 0 Å². The highest BCUT2D eigenvalue weighted by atomic mass is 16.5. The van der Waals surface area contributed by atoms with Gasteiger partial charge in [-0.1, -0.05) is 97.6 Å². The normalized spacial score (nSPS) is 11.8. The van der Waals surface area contributed by atoms with Crippen LogP contribution < -0.4 is 15.9 Å². The van der Waals surface area contributed by atoms with Gasteiger partial charge < -0.3 is 20.1 Å². The van der Waals surface area contributed by atoms with Gasteiger partial charge in [0.1, 0.15) is 0 Å². The molecule has 0 aromatic heterocycles. The first-order valence-corrected chi connectivity index (χ1v) is 19.2. The average molecular weight is 707 g/mol. The van der Waals surface area contributed by atoms with Gasteiger partial charge in [-0.25, -0.2) is 0 Å². The molecule has 7 aromatic carbocycles. The first kappa shape index (κ1) is 36.3. The largest absolute Gasteiger partial charge is 0.379 e. The molecule has 7 rings (SSSR count). The molecule has 6 nitrogen and oxygen atoms in total. The highest BCUT2D eigenvalue weighted by Crippen LogP contribution is 2.36. The number of rotatable bonds is 19. The molecule has 7 aromatic rings. The maximum atomic E-state index is 12.5. The number of ether oxygens (including phenoxy) is 2. The molecule has 0 saturated carbocycles. The Labute approximate surface area is 311 Å². The lowest BCUT2D eigenvalue weighted by Gasteiger charge is -2.14. The van der Waals surface area contributed by atoms with Crippen LogP contribution in [0.4, 0.5) is 0 Å². The molecule has 0 unspecified atom stereocenters. The molecule has 0 aliphatic heterocycles. The number of nitrogens with one attached hydrogen (secondary N) is 2. The quantitative estimate of drug-likeness (QED) is 0.0652. The number of carbonyl (C=O) groups excluding carboxylic acids is 2. The molecule has 2 amide bonds. The number of carbonyl (C=O) groups is 2. The number of aryl methyl sites for hydroxylation is 3. The maximum absolute atomic E-state index is 12.5. The third-order valence-corrected chi connectivity index (χ3v) is 10.6. The van der Waals surface area contributed by atoms with E-state index in [1.54, 1.807) is 0 Å². The van der Waals surface area contributed by atoms with E-state index in [1.807, 2.05) is 0 Å². The van der Waals surface area contributed by atoms with Crippen molar-refractivity contribution in [1.82, 2.24) is 10.6 Å². The Hall–Kier alpha value is -5.04. The molecular formula is C47H50N2O4. The summed E-state index contributed by atoms with van der Waals surface area (Å²) in [6, 6.07) is 32.8. The Bertz CT molecular complexity index is 2380. The highest BCUT2D eigenvalue weighted by Gasteiger charge is 2.12. The Kier molecular flexibility index (Phi) is 11.8. The summed E-state index contributed by atoms with van der Waals surface area (Å²) in [5.74, 6) is 0.171. The summed E-state index contributed by atoms with van der Waals surface area (Å²) in [4.78, 5) is 24.9. The molecule has 0 aliphatic carbocycles. The first-order chi connectivity index (χ1) is 26.0. The van der Waals surface area contributed by atoms with Crippen molar-refractivity contribution in [1.29, 1.82) is 0 Å². The molecule has 0 fully saturated rings. The van der Waals surface area contributed by atoms with E-state index in [1.165, 1.54) is 70.6 Å². The minimum absolute atomic E-state index is 0.0825. The van der Waals surface area contributed by atoms with Gasteiger partial charge in [0.25, 0.3) is 0 Å². The lowest BCUT2D eigenvalue weighted by molar-refractivity contribution is -0.122. The molecule has 272 valence electrons. The van der Waals surface area contributed by atoms with Gasteiger partial charge in [0.05, 0.1) is 13.2 Å². The molecule has 6 heteroatoms. The van der Waals surface area contributed by atoms with Gasteiger partial charge in [0.2, 0.25) is 11.8 Å². The maximum Gasteiger partial charge on any atom is 0.220 e. The Morgan fingerprint density at radius 2 is 1.00 bits per heavy atom. The summed E-state index contributed by atoms with van der Waals surface area (Å²) in [6.45, 7) is 9.79. The van der Waals surface area contributed by atoms with Crippen molar-refractivity contribution in [2.45, 2.75) is 58.3 Å². The summed E-state index contributed by atoms with van der Waals surface area (Å²) in [6.07, 6.45) is 5.91. The van der Waals surface area contributed by atoms with E-state index in [0.717, 1.165) is 43.7 Å². The average Bonchev–Trinajstić information content (AvgIpc) is 3.17. The van der Waals surface area contributed by atoms with Gasteiger partial charge >= 0.3 is 0 Å². The summed E-state index contributed by atoms with van der Waals surface area (Å²) in [5.41, 5.74) is 3.83. The van der Waals surface area contributed by atoms with E-state index in [-0.39, 0.29) is 11.8 Å². The minimum Gasteiger partial charge on any atom is -0.379 e.